The van der Waals surface area contributed by atoms with Gasteiger partial charge in [0.25, 0.3) is 0 Å². The number of nitrogens with zero attached hydrogens (tertiary/aromatic N) is 1. The summed E-state index contributed by atoms with van der Waals surface area (Å²) < 4.78 is 0. The number of hydrogen-bond acceptors (Lipinski definition) is 4. The number of carbonyl (C=O) groups excluding carboxylic acids is 1. The van der Waals surface area contributed by atoms with Crippen LogP contribution in [0.1, 0.15) is 63.9 Å². The van der Waals surface area contributed by atoms with E-state index in [2.05, 4.69) is 48.5 Å². The zero-order valence-electron chi connectivity index (χ0n) is 17.9. The fourth-order valence-electron chi connectivity index (χ4n) is 4.29. The Morgan fingerprint density at radius 3 is 2.48 bits per heavy atom. The van der Waals surface area contributed by atoms with E-state index in [9.17, 15) is 4.79 Å². The van der Waals surface area contributed by atoms with Crippen molar-refractivity contribution >= 4 is 12.0 Å². The van der Waals surface area contributed by atoms with Gasteiger partial charge in [-0.05, 0) is 67.1 Å². The van der Waals surface area contributed by atoms with Crippen LogP contribution in [0.25, 0.3) is 5.70 Å². The van der Waals surface area contributed by atoms with Crippen LogP contribution in [0.5, 0.6) is 0 Å². The molecule has 1 aliphatic rings. The monoisotopic (exact) mass is 391 g/mol. The second-order valence-electron chi connectivity index (χ2n) is 8.21. The molecule has 1 aliphatic carbocycles. The zero-order chi connectivity index (χ0) is 20.8. The molecular formula is C25H33N3O. The number of aldehydes is 1. The molecule has 4 heteroatoms. The van der Waals surface area contributed by atoms with Crippen LogP contribution in [0, 0.1) is 6.92 Å². The predicted octanol–water partition coefficient (Wildman–Crippen LogP) is 4.25. The van der Waals surface area contributed by atoms with Gasteiger partial charge in [0.15, 0.2) is 0 Å². The van der Waals surface area contributed by atoms with E-state index >= 15 is 0 Å². The van der Waals surface area contributed by atoms with Crippen molar-refractivity contribution in [1.82, 2.24) is 10.2 Å². The summed E-state index contributed by atoms with van der Waals surface area (Å²) in [7, 11) is 4.02. The summed E-state index contributed by atoms with van der Waals surface area (Å²) in [6.45, 7) is 2.98. The highest BCUT2D eigenvalue weighted by molar-refractivity contribution is 5.78. The number of aryl methyl sites for hydroxylation is 1. The lowest BCUT2D eigenvalue weighted by Gasteiger charge is -2.25. The molecule has 0 radical (unpaired) electrons. The Hall–Kier alpha value is -2.59. The van der Waals surface area contributed by atoms with E-state index in [1.807, 2.05) is 19.2 Å². The predicted molar refractivity (Wildman–Crippen MR) is 121 cm³/mol. The summed E-state index contributed by atoms with van der Waals surface area (Å²) in [5, 5.41) is 2.95. The van der Waals surface area contributed by atoms with Gasteiger partial charge in [-0.2, -0.15) is 0 Å². The highest BCUT2D eigenvalue weighted by Crippen LogP contribution is 2.26. The van der Waals surface area contributed by atoms with E-state index in [1.165, 1.54) is 42.4 Å². The van der Waals surface area contributed by atoms with Gasteiger partial charge >= 0.3 is 0 Å². The van der Waals surface area contributed by atoms with Gasteiger partial charge in [-0.15, -0.1) is 0 Å². The van der Waals surface area contributed by atoms with Gasteiger partial charge in [0.2, 0.25) is 0 Å². The van der Waals surface area contributed by atoms with Crippen LogP contribution >= 0.6 is 0 Å². The third kappa shape index (κ3) is 5.27. The van der Waals surface area contributed by atoms with Gasteiger partial charge in [0.05, 0.1) is 5.70 Å². The molecule has 0 saturated heterocycles. The molecule has 0 heterocycles. The maximum Gasteiger partial charge on any atom is 0.150 e. The van der Waals surface area contributed by atoms with E-state index < -0.39 is 0 Å². The van der Waals surface area contributed by atoms with Crippen LogP contribution < -0.4 is 11.1 Å². The number of carbonyl (C=O) groups is 1. The highest BCUT2D eigenvalue weighted by atomic mass is 16.1. The van der Waals surface area contributed by atoms with E-state index in [4.69, 9.17) is 5.73 Å². The lowest BCUT2D eigenvalue weighted by atomic mass is 9.94. The van der Waals surface area contributed by atoms with Crippen molar-refractivity contribution in [3.8, 4) is 0 Å². The molecule has 1 saturated carbocycles. The minimum Gasteiger partial charge on any atom is -0.397 e. The first kappa shape index (κ1) is 21.1. The molecule has 3 rings (SSSR count). The molecule has 0 unspecified atom stereocenters. The molecular weight excluding hydrogens is 358 g/mol. The van der Waals surface area contributed by atoms with Crippen LogP contribution in [0.3, 0.4) is 0 Å². The Kier molecular flexibility index (Phi) is 7.10. The Morgan fingerprint density at radius 1 is 1.17 bits per heavy atom. The average Bonchev–Trinajstić information content (AvgIpc) is 3.25. The SMILES string of the molecule is CN/C=C(\N)c1ccc(Cc2cc(C=O)c(CN(C)C3CCCC3)cc2C)cc1. The second-order valence-corrected chi connectivity index (χ2v) is 8.21. The van der Waals surface area contributed by atoms with Gasteiger partial charge in [-0.3, -0.25) is 9.69 Å². The molecule has 3 N–H and O–H groups in total. The molecule has 29 heavy (non-hydrogen) atoms. The van der Waals surface area contributed by atoms with E-state index in [0.717, 1.165) is 35.9 Å². The van der Waals surface area contributed by atoms with Crippen LogP contribution in [-0.4, -0.2) is 31.3 Å². The van der Waals surface area contributed by atoms with E-state index in [1.54, 1.807) is 6.20 Å². The van der Waals surface area contributed by atoms with Gasteiger partial charge in [0, 0.05) is 31.4 Å². The summed E-state index contributed by atoms with van der Waals surface area (Å²) in [5.41, 5.74) is 13.3. The minimum atomic E-state index is 0.650. The smallest absolute Gasteiger partial charge is 0.150 e. The van der Waals surface area contributed by atoms with Crippen molar-refractivity contribution < 1.29 is 4.79 Å². The van der Waals surface area contributed by atoms with Crippen LogP contribution in [0.15, 0.2) is 42.6 Å². The number of nitrogens with one attached hydrogen (secondary N) is 1. The standard InChI is InChI=1S/C25H33N3O/c1-18-12-22(16-28(3)24-6-4-5-7-24)23(17-29)14-21(18)13-19-8-10-20(11-9-19)25(26)15-27-2/h8-12,14-15,17,24,27H,4-7,13,16,26H2,1-3H3/b25-15-. The molecule has 2 aromatic rings. The fraction of sp³-hybridized carbons (Fsp3) is 0.400. The molecule has 0 atom stereocenters. The summed E-state index contributed by atoms with van der Waals surface area (Å²) in [6.07, 6.45) is 8.79. The Balaban J connectivity index is 1.76. The summed E-state index contributed by atoms with van der Waals surface area (Å²) in [6, 6.07) is 13.2. The third-order valence-electron chi connectivity index (χ3n) is 6.07. The molecule has 0 aromatic heterocycles. The van der Waals surface area contributed by atoms with Gasteiger partial charge in [-0.25, -0.2) is 0 Å². The maximum absolute atomic E-state index is 11.8. The Morgan fingerprint density at radius 2 is 1.86 bits per heavy atom. The normalized spacial score (nSPS) is 15.1. The molecule has 4 nitrogen and oxygen atoms in total. The van der Waals surface area contributed by atoms with Crippen molar-refractivity contribution in [1.29, 1.82) is 0 Å². The number of hydrogen-bond donors (Lipinski definition) is 2. The van der Waals surface area contributed by atoms with Crippen molar-refractivity contribution in [2.45, 2.75) is 51.6 Å². The van der Waals surface area contributed by atoms with Crippen molar-refractivity contribution in [2.24, 2.45) is 5.73 Å². The molecule has 0 amide bonds. The van der Waals surface area contributed by atoms with E-state index in [-0.39, 0.29) is 0 Å². The fourth-order valence-corrected chi connectivity index (χ4v) is 4.29. The van der Waals surface area contributed by atoms with Crippen LogP contribution in [-0.2, 0) is 13.0 Å². The van der Waals surface area contributed by atoms with Crippen molar-refractivity contribution in [3.05, 3.63) is 76.0 Å². The number of benzene rings is 2. The first-order valence-electron chi connectivity index (χ1n) is 10.5. The topological polar surface area (TPSA) is 58.4 Å². The average molecular weight is 392 g/mol. The molecule has 0 aliphatic heterocycles. The summed E-state index contributed by atoms with van der Waals surface area (Å²) in [4.78, 5) is 14.2. The van der Waals surface area contributed by atoms with Gasteiger partial charge < -0.3 is 11.1 Å². The third-order valence-corrected chi connectivity index (χ3v) is 6.07. The van der Waals surface area contributed by atoms with Crippen molar-refractivity contribution in [3.63, 3.8) is 0 Å². The molecule has 0 bridgehead atoms. The van der Waals surface area contributed by atoms with Gasteiger partial charge in [-0.1, -0.05) is 43.2 Å². The van der Waals surface area contributed by atoms with Crippen molar-refractivity contribution in [2.75, 3.05) is 14.1 Å². The Bertz CT molecular complexity index is 864. The lowest BCUT2D eigenvalue weighted by Crippen LogP contribution is -2.29. The zero-order valence-corrected chi connectivity index (χ0v) is 17.9. The van der Waals surface area contributed by atoms with E-state index in [0.29, 0.717) is 11.7 Å². The van der Waals surface area contributed by atoms with Crippen LogP contribution in [0.4, 0.5) is 0 Å². The van der Waals surface area contributed by atoms with Crippen LogP contribution in [0.2, 0.25) is 0 Å². The first-order valence-corrected chi connectivity index (χ1v) is 10.5. The quantitative estimate of drug-likeness (QED) is 0.661. The number of rotatable bonds is 8. The maximum atomic E-state index is 11.8. The summed E-state index contributed by atoms with van der Waals surface area (Å²) in [5.74, 6) is 0. The molecule has 1 fully saturated rings. The van der Waals surface area contributed by atoms with Gasteiger partial charge in [0.1, 0.15) is 6.29 Å². The minimum absolute atomic E-state index is 0.650. The largest absolute Gasteiger partial charge is 0.397 e. The Labute approximate surface area is 174 Å². The molecule has 2 aromatic carbocycles. The molecule has 154 valence electrons. The lowest BCUT2D eigenvalue weighted by molar-refractivity contribution is 0.112. The number of nitrogens with two attached hydrogens (primary N) is 1. The summed E-state index contributed by atoms with van der Waals surface area (Å²) >= 11 is 0. The first-order chi connectivity index (χ1) is 14.0. The highest BCUT2D eigenvalue weighted by Gasteiger charge is 2.20. The second kappa shape index (κ2) is 9.75. The molecule has 0 spiro atoms.